The van der Waals surface area contributed by atoms with Crippen molar-refractivity contribution >= 4 is 51.5 Å². The van der Waals surface area contributed by atoms with Crippen LogP contribution in [0.15, 0.2) is 34.7 Å². The molecule has 5 nitrogen and oxygen atoms in total. The summed E-state index contributed by atoms with van der Waals surface area (Å²) in [5.74, 6) is 0.546. The number of thioether (sulfide) groups is 1. The molecule has 1 amide bonds. The smallest absolute Gasteiger partial charge is 0.269 e. The molecule has 2 aliphatic rings. The standard InChI is InChI=1S/C19H20ClFN4OS2/c1-11(2)6-8-24-17(26)16-15(7-9-27-16)25-18(24)22-23-19(25)28-10-12-13(20)4-3-5-14(12)21/h3-5,7,9,11,18,22H,6,8,10H2,1-2H3. The molecule has 1 unspecified atom stereocenters. The average molecular weight is 439 g/mol. The molecule has 0 aliphatic carbocycles. The Balaban J connectivity index is 1.58. The number of amides is 1. The molecule has 0 radical (unpaired) electrons. The predicted octanol–water partition coefficient (Wildman–Crippen LogP) is 4.94. The minimum Gasteiger partial charge on any atom is -0.298 e. The van der Waals surface area contributed by atoms with E-state index in [-0.39, 0.29) is 18.0 Å². The molecule has 148 valence electrons. The first kappa shape index (κ1) is 19.5. The highest BCUT2D eigenvalue weighted by Gasteiger charge is 2.43. The van der Waals surface area contributed by atoms with Gasteiger partial charge >= 0.3 is 0 Å². The normalized spacial score (nSPS) is 18.2. The monoisotopic (exact) mass is 438 g/mol. The van der Waals surface area contributed by atoms with Crippen LogP contribution in [0, 0.1) is 11.7 Å². The highest BCUT2D eigenvalue weighted by molar-refractivity contribution is 8.13. The Bertz CT molecular complexity index is 912. The van der Waals surface area contributed by atoms with Gasteiger partial charge in [0.2, 0.25) is 6.29 Å². The number of nitrogens with zero attached hydrogens (tertiary/aromatic N) is 3. The minimum atomic E-state index is -0.355. The summed E-state index contributed by atoms with van der Waals surface area (Å²) in [6, 6.07) is 6.62. The molecule has 3 heterocycles. The summed E-state index contributed by atoms with van der Waals surface area (Å²) >= 11 is 8.99. The molecule has 28 heavy (non-hydrogen) atoms. The van der Waals surface area contributed by atoms with Crippen LogP contribution in [0.1, 0.15) is 35.5 Å². The number of amidine groups is 1. The Morgan fingerprint density at radius 3 is 2.96 bits per heavy atom. The molecule has 0 bridgehead atoms. The number of hydrazone groups is 1. The summed E-state index contributed by atoms with van der Waals surface area (Å²) in [5, 5.41) is 7.46. The van der Waals surface area contributed by atoms with Gasteiger partial charge in [-0.2, -0.15) is 5.10 Å². The lowest BCUT2D eigenvalue weighted by molar-refractivity contribution is 0.0637. The van der Waals surface area contributed by atoms with Gasteiger partial charge in [0, 0.05) is 22.9 Å². The van der Waals surface area contributed by atoms with Crippen molar-refractivity contribution in [2.45, 2.75) is 32.3 Å². The third-order valence-corrected chi connectivity index (χ3v) is 6.96. The van der Waals surface area contributed by atoms with Gasteiger partial charge in [0.15, 0.2) is 5.17 Å². The Labute approximate surface area is 176 Å². The highest BCUT2D eigenvalue weighted by atomic mass is 35.5. The number of thiophene rings is 1. The second kappa shape index (κ2) is 7.93. The lowest BCUT2D eigenvalue weighted by Gasteiger charge is -2.39. The van der Waals surface area contributed by atoms with Crippen molar-refractivity contribution in [3.63, 3.8) is 0 Å². The lowest BCUT2D eigenvalue weighted by atomic mass is 10.1. The van der Waals surface area contributed by atoms with Crippen LogP contribution < -0.4 is 10.3 Å². The SMILES string of the molecule is CC(C)CCN1C(=O)c2sccc2N2C(SCc3c(F)cccc3Cl)=NNC12. The number of fused-ring (bicyclic) bond motifs is 3. The first-order chi connectivity index (χ1) is 13.5. The third kappa shape index (κ3) is 3.49. The van der Waals surface area contributed by atoms with Gasteiger partial charge in [-0.05, 0) is 35.9 Å². The van der Waals surface area contributed by atoms with Gasteiger partial charge in [-0.3, -0.25) is 20.0 Å². The summed E-state index contributed by atoms with van der Waals surface area (Å²) in [4.78, 5) is 17.5. The minimum absolute atomic E-state index is 0.0259. The first-order valence-electron chi connectivity index (χ1n) is 9.04. The second-order valence-corrected chi connectivity index (χ2v) is 9.34. The van der Waals surface area contributed by atoms with Crippen LogP contribution in [0.2, 0.25) is 5.02 Å². The topological polar surface area (TPSA) is 47.9 Å². The number of nitrogens with one attached hydrogen (secondary N) is 1. The Morgan fingerprint density at radius 1 is 1.39 bits per heavy atom. The van der Waals surface area contributed by atoms with Crippen LogP contribution in [0.5, 0.6) is 0 Å². The number of carbonyl (C=O) groups excluding carboxylic acids is 1. The van der Waals surface area contributed by atoms with Crippen molar-refractivity contribution in [2.75, 3.05) is 11.4 Å². The molecule has 0 saturated heterocycles. The molecular formula is C19H20ClFN4OS2. The zero-order valence-electron chi connectivity index (χ0n) is 15.5. The van der Waals surface area contributed by atoms with Gasteiger partial charge in [-0.1, -0.05) is 43.3 Å². The molecule has 1 aromatic heterocycles. The number of rotatable bonds is 5. The summed E-state index contributed by atoms with van der Waals surface area (Å²) in [7, 11) is 0. The van der Waals surface area contributed by atoms with Crippen LogP contribution in [-0.4, -0.2) is 28.8 Å². The number of anilines is 1. The van der Waals surface area contributed by atoms with Crippen LogP contribution in [0.3, 0.4) is 0 Å². The van der Waals surface area contributed by atoms with E-state index in [2.05, 4.69) is 24.4 Å². The number of carbonyl (C=O) groups is 1. The van der Waals surface area contributed by atoms with E-state index in [4.69, 9.17) is 11.6 Å². The quantitative estimate of drug-likeness (QED) is 0.718. The van der Waals surface area contributed by atoms with Gasteiger partial charge in [0.05, 0.1) is 5.69 Å². The maximum absolute atomic E-state index is 14.1. The van der Waals surface area contributed by atoms with E-state index >= 15 is 0 Å². The molecule has 9 heteroatoms. The Hall–Kier alpha value is -1.77. The van der Waals surface area contributed by atoms with Gasteiger partial charge < -0.3 is 0 Å². The van der Waals surface area contributed by atoms with Crippen LogP contribution in [0.25, 0.3) is 0 Å². The average Bonchev–Trinajstić information content (AvgIpc) is 3.28. The van der Waals surface area contributed by atoms with E-state index in [1.54, 1.807) is 12.1 Å². The lowest BCUT2D eigenvalue weighted by Crippen LogP contribution is -2.58. The summed E-state index contributed by atoms with van der Waals surface area (Å²) in [6.07, 6.45) is 0.554. The molecule has 0 spiro atoms. The fourth-order valence-corrected chi connectivity index (χ4v) is 5.37. The van der Waals surface area contributed by atoms with Crippen molar-refractivity contribution in [1.82, 2.24) is 10.3 Å². The van der Waals surface area contributed by atoms with E-state index < -0.39 is 0 Å². The molecular weight excluding hydrogens is 419 g/mol. The third-order valence-electron chi connectivity index (χ3n) is 4.74. The molecule has 4 rings (SSSR count). The Morgan fingerprint density at radius 2 is 2.21 bits per heavy atom. The maximum Gasteiger partial charge on any atom is 0.269 e. The summed E-state index contributed by atoms with van der Waals surface area (Å²) in [6.45, 7) is 4.93. The van der Waals surface area contributed by atoms with Gasteiger partial charge in [-0.25, -0.2) is 4.39 Å². The number of halogens is 2. The summed E-state index contributed by atoms with van der Waals surface area (Å²) in [5.41, 5.74) is 4.38. The Kier molecular flexibility index (Phi) is 5.53. The van der Waals surface area contributed by atoms with E-state index in [9.17, 15) is 9.18 Å². The summed E-state index contributed by atoms with van der Waals surface area (Å²) < 4.78 is 14.1. The van der Waals surface area contributed by atoms with E-state index in [0.717, 1.165) is 12.1 Å². The van der Waals surface area contributed by atoms with Crippen LogP contribution in [-0.2, 0) is 5.75 Å². The van der Waals surface area contributed by atoms with Gasteiger partial charge in [-0.15, -0.1) is 11.3 Å². The zero-order chi connectivity index (χ0) is 19.8. The molecule has 1 aromatic carbocycles. The molecule has 1 atom stereocenters. The fourth-order valence-electron chi connectivity index (χ4n) is 3.20. The van der Waals surface area contributed by atoms with E-state index in [0.29, 0.717) is 38.8 Å². The van der Waals surface area contributed by atoms with Crippen molar-refractivity contribution in [2.24, 2.45) is 11.0 Å². The first-order valence-corrected chi connectivity index (χ1v) is 11.3. The van der Waals surface area contributed by atoms with Crippen molar-refractivity contribution in [3.8, 4) is 0 Å². The van der Waals surface area contributed by atoms with E-state index in [1.807, 2.05) is 21.2 Å². The number of benzene rings is 1. The molecule has 0 saturated carbocycles. The van der Waals surface area contributed by atoms with Crippen LogP contribution >= 0.6 is 34.7 Å². The van der Waals surface area contributed by atoms with Crippen molar-refractivity contribution in [3.05, 3.63) is 50.9 Å². The predicted molar refractivity (Wildman–Crippen MR) is 114 cm³/mol. The van der Waals surface area contributed by atoms with Crippen molar-refractivity contribution in [1.29, 1.82) is 0 Å². The van der Waals surface area contributed by atoms with Crippen molar-refractivity contribution < 1.29 is 9.18 Å². The van der Waals surface area contributed by atoms with Gasteiger partial charge in [0.25, 0.3) is 5.91 Å². The second-order valence-electron chi connectivity index (χ2n) is 7.07. The number of hydrogen-bond donors (Lipinski definition) is 1. The largest absolute Gasteiger partial charge is 0.298 e. The molecule has 2 aromatic rings. The molecule has 1 N–H and O–H groups in total. The highest BCUT2D eigenvalue weighted by Crippen LogP contribution is 2.39. The van der Waals surface area contributed by atoms with E-state index in [1.165, 1.54) is 29.2 Å². The zero-order valence-corrected chi connectivity index (χ0v) is 17.9. The number of hydrogen-bond acceptors (Lipinski definition) is 6. The maximum atomic E-state index is 14.1. The van der Waals surface area contributed by atoms with Crippen LogP contribution in [0.4, 0.5) is 10.1 Å². The molecule has 0 fully saturated rings. The van der Waals surface area contributed by atoms with Gasteiger partial charge in [0.1, 0.15) is 10.7 Å². The molecule has 2 aliphatic heterocycles. The fraction of sp³-hybridized carbons (Fsp3) is 0.368.